The summed E-state index contributed by atoms with van der Waals surface area (Å²) in [5.41, 5.74) is 6.73. The summed E-state index contributed by atoms with van der Waals surface area (Å²) in [6.07, 6.45) is 13.8. The Balaban J connectivity index is 1.60. The van der Waals surface area contributed by atoms with Crippen LogP contribution in [0.3, 0.4) is 0 Å². The molecule has 2 saturated carbocycles. The number of hydrogen-bond donors (Lipinski definition) is 1. The zero-order valence-corrected chi connectivity index (χ0v) is 16.9. The largest absolute Gasteiger partial charge is 0.384 e. The average molecular weight is 349 g/mol. The van der Waals surface area contributed by atoms with Gasteiger partial charge >= 0.3 is 0 Å². The molecule has 0 radical (unpaired) electrons. The Morgan fingerprint density at radius 3 is 2.40 bits per heavy atom. The van der Waals surface area contributed by atoms with Crippen molar-refractivity contribution in [2.24, 2.45) is 11.7 Å². The lowest BCUT2D eigenvalue weighted by molar-refractivity contribution is 0.154. The lowest BCUT2D eigenvalue weighted by Crippen LogP contribution is -2.46. The number of rotatable bonds is 12. The highest BCUT2D eigenvalue weighted by atomic mass is 16.5. The van der Waals surface area contributed by atoms with Gasteiger partial charge in [0.05, 0.1) is 6.54 Å². The number of ether oxygens (including phenoxy) is 1. The minimum absolute atomic E-state index is 0.0429. The molecule has 2 rings (SSSR count). The predicted molar refractivity (Wildman–Crippen MR) is 106 cm³/mol. The number of methoxy groups -OCH3 is 1. The predicted octanol–water partition coefficient (Wildman–Crippen LogP) is 4.35. The van der Waals surface area contributed by atoms with E-state index in [2.05, 4.69) is 30.6 Å². The lowest BCUT2D eigenvalue weighted by atomic mass is 9.75. The molecule has 0 saturated heterocycles. The topological polar surface area (TPSA) is 38.5 Å². The summed E-state index contributed by atoms with van der Waals surface area (Å²) in [5.74, 6) is 7.48. The highest BCUT2D eigenvalue weighted by molar-refractivity contribution is 5.11. The maximum absolute atomic E-state index is 6.26. The molecule has 144 valence electrons. The highest BCUT2D eigenvalue weighted by Crippen LogP contribution is 2.41. The van der Waals surface area contributed by atoms with E-state index in [0.29, 0.717) is 11.5 Å². The fraction of sp³-hybridized carbons (Fsp3) is 0.909. The molecule has 0 aromatic rings. The third kappa shape index (κ3) is 7.29. The van der Waals surface area contributed by atoms with E-state index in [1.54, 1.807) is 7.11 Å². The summed E-state index contributed by atoms with van der Waals surface area (Å²) >= 11 is 0. The summed E-state index contributed by atoms with van der Waals surface area (Å²) < 4.78 is 5.21. The van der Waals surface area contributed by atoms with E-state index >= 15 is 0 Å². The van der Waals surface area contributed by atoms with Crippen LogP contribution in [-0.4, -0.2) is 42.8 Å². The quantitative estimate of drug-likeness (QED) is 0.421. The average Bonchev–Trinajstić information content (AvgIpc) is 3.29. The zero-order chi connectivity index (χ0) is 18.2. The van der Waals surface area contributed by atoms with Gasteiger partial charge in [0.1, 0.15) is 0 Å². The minimum atomic E-state index is 0.0429. The summed E-state index contributed by atoms with van der Waals surface area (Å²) in [6.45, 7) is 7.71. The van der Waals surface area contributed by atoms with Crippen LogP contribution in [0.2, 0.25) is 0 Å². The van der Waals surface area contributed by atoms with Crippen LogP contribution >= 0.6 is 0 Å². The number of nitrogens with two attached hydrogens (primary N) is 1. The highest BCUT2D eigenvalue weighted by Gasteiger charge is 2.42. The van der Waals surface area contributed by atoms with Gasteiger partial charge in [-0.05, 0) is 64.3 Å². The molecule has 3 heteroatoms. The standard InChI is InChI=1S/C22H40N2O/c1-20(19-25-3)11-6-4-5-8-17-24(21(2)15-16-21)18-9-7-12-22(23)13-10-14-22/h20H,4-6,8,10-19,23H2,1-3H3. The van der Waals surface area contributed by atoms with Crippen LogP contribution in [0.1, 0.15) is 84.5 Å². The van der Waals surface area contributed by atoms with Gasteiger partial charge in [0.15, 0.2) is 0 Å². The molecule has 1 unspecified atom stereocenters. The Labute approximate surface area is 156 Å². The first-order chi connectivity index (χ1) is 12.0. The normalized spacial score (nSPS) is 21.3. The molecule has 0 aromatic heterocycles. The molecule has 0 bridgehead atoms. The van der Waals surface area contributed by atoms with Gasteiger partial charge in [-0.15, -0.1) is 5.92 Å². The van der Waals surface area contributed by atoms with Crippen molar-refractivity contribution in [1.82, 2.24) is 4.90 Å². The first kappa shape index (κ1) is 20.7. The molecule has 0 spiro atoms. The molecule has 2 aliphatic rings. The van der Waals surface area contributed by atoms with E-state index in [1.807, 2.05) is 0 Å². The molecular weight excluding hydrogens is 308 g/mol. The number of unbranched alkanes of at least 4 members (excludes halogenated alkanes) is 3. The van der Waals surface area contributed by atoms with Crippen LogP contribution in [0.4, 0.5) is 0 Å². The van der Waals surface area contributed by atoms with Crippen LogP contribution in [0.15, 0.2) is 0 Å². The van der Waals surface area contributed by atoms with Gasteiger partial charge in [0, 0.05) is 31.2 Å². The second kappa shape index (κ2) is 9.95. The fourth-order valence-corrected chi connectivity index (χ4v) is 3.75. The molecule has 0 aromatic carbocycles. The van der Waals surface area contributed by atoms with Crippen molar-refractivity contribution in [3.63, 3.8) is 0 Å². The van der Waals surface area contributed by atoms with E-state index in [0.717, 1.165) is 32.4 Å². The molecule has 0 heterocycles. The molecule has 2 fully saturated rings. The van der Waals surface area contributed by atoms with Crippen molar-refractivity contribution in [3.05, 3.63) is 0 Å². The van der Waals surface area contributed by atoms with Gasteiger partial charge in [-0.1, -0.05) is 32.1 Å². The van der Waals surface area contributed by atoms with Gasteiger partial charge < -0.3 is 10.5 Å². The Hall–Kier alpha value is -0.560. The van der Waals surface area contributed by atoms with Gasteiger partial charge in [0.25, 0.3) is 0 Å². The Morgan fingerprint density at radius 1 is 1.08 bits per heavy atom. The SMILES string of the molecule is COCC(C)CCCCCCN(CC#CCC1(N)CCC1)C1(C)CC1. The summed E-state index contributed by atoms with van der Waals surface area (Å²) in [5, 5.41) is 0. The van der Waals surface area contributed by atoms with E-state index in [-0.39, 0.29) is 5.54 Å². The van der Waals surface area contributed by atoms with Crippen LogP contribution in [0.25, 0.3) is 0 Å². The second-order valence-electron chi connectivity index (χ2n) is 8.93. The third-order valence-corrected chi connectivity index (χ3v) is 6.25. The van der Waals surface area contributed by atoms with Crippen LogP contribution in [0, 0.1) is 17.8 Å². The fourth-order valence-electron chi connectivity index (χ4n) is 3.75. The maximum Gasteiger partial charge on any atom is 0.0606 e. The first-order valence-corrected chi connectivity index (χ1v) is 10.5. The van der Waals surface area contributed by atoms with Crippen molar-refractivity contribution in [2.45, 2.75) is 95.6 Å². The minimum Gasteiger partial charge on any atom is -0.384 e. The van der Waals surface area contributed by atoms with Crippen molar-refractivity contribution < 1.29 is 4.74 Å². The van der Waals surface area contributed by atoms with Gasteiger partial charge in [-0.25, -0.2) is 0 Å². The molecule has 3 nitrogen and oxygen atoms in total. The maximum atomic E-state index is 6.26. The van der Waals surface area contributed by atoms with Crippen LogP contribution < -0.4 is 5.73 Å². The Kier molecular flexibility index (Phi) is 8.26. The van der Waals surface area contributed by atoms with Gasteiger partial charge in [-0.2, -0.15) is 0 Å². The summed E-state index contributed by atoms with van der Waals surface area (Å²) in [7, 11) is 1.80. The van der Waals surface area contributed by atoms with Crippen molar-refractivity contribution in [2.75, 3.05) is 26.8 Å². The van der Waals surface area contributed by atoms with Crippen molar-refractivity contribution >= 4 is 0 Å². The van der Waals surface area contributed by atoms with E-state index in [9.17, 15) is 0 Å². The monoisotopic (exact) mass is 348 g/mol. The van der Waals surface area contributed by atoms with Crippen molar-refractivity contribution in [3.8, 4) is 11.8 Å². The molecule has 1 atom stereocenters. The molecule has 2 aliphatic carbocycles. The molecule has 25 heavy (non-hydrogen) atoms. The van der Waals surface area contributed by atoms with Crippen molar-refractivity contribution in [1.29, 1.82) is 0 Å². The summed E-state index contributed by atoms with van der Waals surface area (Å²) in [6, 6.07) is 0. The Bertz CT molecular complexity index is 443. The van der Waals surface area contributed by atoms with E-state index in [4.69, 9.17) is 10.5 Å². The zero-order valence-electron chi connectivity index (χ0n) is 16.9. The second-order valence-corrected chi connectivity index (χ2v) is 8.93. The molecular formula is C22H40N2O. The smallest absolute Gasteiger partial charge is 0.0606 e. The summed E-state index contributed by atoms with van der Waals surface area (Å²) in [4.78, 5) is 2.62. The Morgan fingerprint density at radius 2 is 1.80 bits per heavy atom. The first-order valence-electron chi connectivity index (χ1n) is 10.5. The van der Waals surface area contributed by atoms with Crippen LogP contribution in [0.5, 0.6) is 0 Å². The number of nitrogens with zero attached hydrogens (tertiary/aromatic N) is 1. The van der Waals surface area contributed by atoms with Gasteiger partial charge in [0.2, 0.25) is 0 Å². The molecule has 0 aliphatic heterocycles. The lowest BCUT2D eigenvalue weighted by Gasteiger charge is -2.36. The van der Waals surface area contributed by atoms with Gasteiger partial charge in [-0.3, -0.25) is 4.90 Å². The molecule has 0 amide bonds. The third-order valence-electron chi connectivity index (χ3n) is 6.25. The number of hydrogen-bond acceptors (Lipinski definition) is 3. The molecule has 2 N–H and O–H groups in total. The van der Waals surface area contributed by atoms with Crippen LogP contribution in [-0.2, 0) is 4.74 Å². The van der Waals surface area contributed by atoms with E-state index in [1.165, 1.54) is 57.9 Å². The van der Waals surface area contributed by atoms with E-state index < -0.39 is 0 Å².